The number of aliphatic imine (C=N–C) groups is 1. The van der Waals surface area contributed by atoms with E-state index in [4.69, 9.17) is 4.74 Å². The summed E-state index contributed by atoms with van der Waals surface area (Å²) >= 11 is 0. The molecule has 15 heavy (non-hydrogen) atoms. The highest BCUT2D eigenvalue weighted by atomic mass is 16.5. The summed E-state index contributed by atoms with van der Waals surface area (Å²) in [6, 6.07) is 0. The average molecular weight is 211 g/mol. The minimum Gasteiger partial charge on any atom is -0.376 e. The molecular formula is C11H21N3O. The zero-order valence-electron chi connectivity index (χ0n) is 9.54. The minimum absolute atomic E-state index is 0.393. The molecule has 2 aliphatic rings. The van der Waals surface area contributed by atoms with Crippen molar-refractivity contribution >= 4 is 5.96 Å². The number of ether oxygens (including phenoxy) is 1. The van der Waals surface area contributed by atoms with Crippen LogP contribution in [0.15, 0.2) is 4.99 Å². The van der Waals surface area contributed by atoms with Gasteiger partial charge in [-0.15, -0.1) is 0 Å². The predicted molar refractivity (Wildman–Crippen MR) is 61.1 cm³/mol. The summed E-state index contributed by atoms with van der Waals surface area (Å²) in [7, 11) is 1.86. The summed E-state index contributed by atoms with van der Waals surface area (Å²) < 4.78 is 5.57. The molecule has 0 amide bonds. The van der Waals surface area contributed by atoms with Gasteiger partial charge in [0.1, 0.15) is 0 Å². The molecule has 2 saturated heterocycles. The van der Waals surface area contributed by atoms with Crippen molar-refractivity contribution in [1.82, 2.24) is 10.2 Å². The fraction of sp³-hybridized carbons (Fsp3) is 0.909. The lowest BCUT2D eigenvalue weighted by molar-refractivity contribution is 0.113. The molecule has 0 bridgehead atoms. The van der Waals surface area contributed by atoms with Crippen molar-refractivity contribution in [3.05, 3.63) is 0 Å². The topological polar surface area (TPSA) is 36.9 Å². The first-order valence-corrected chi connectivity index (χ1v) is 5.97. The SMILES string of the molecule is CN=C(NCC1CCCO1)N1CCCC1. The maximum absolute atomic E-state index is 5.57. The second-order valence-corrected chi connectivity index (χ2v) is 4.26. The summed E-state index contributed by atoms with van der Waals surface area (Å²) in [6.07, 6.45) is 5.37. The van der Waals surface area contributed by atoms with Gasteiger partial charge >= 0.3 is 0 Å². The van der Waals surface area contributed by atoms with Gasteiger partial charge in [-0.05, 0) is 25.7 Å². The molecule has 2 rings (SSSR count). The number of rotatable bonds is 2. The molecule has 0 aromatic heterocycles. The molecule has 2 aliphatic heterocycles. The lowest BCUT2D eigenvalue weighted by Gasteiger charge is -2.22. The molecule has 0 radical (unpaired) electrons. The van der Waals surface area contributed by atoms with Crippen LogP contribution in [0.4, 0.5) is 0 Å². The molecule has 1 N–H and O–H groups in total. The largest absolute Gasteiger partial charge is 0.376 e. The van der Waals surface area contributed by atoms with Gasteiger partial charge in [0.25, 0.3) is 0 Å². The number of nitrogens with one attached hydrogen (secondary N) is 1. The van der Waals surface area contributed by atoms with Gasteiger partial charge in [-0.2, -0.15) is 0 Å². The fourth-order valence-corrected chi connectivity index (χ4v) is 2.27. The van der Waals surface area contributed by atoms with E-state index in [9.17, 15) is 0 Å². The van der Waals surface area contributed by atoms with Gasteiger partial charge < -0.3 is 15.0 Å². The molecular weight excluding hydrogens is 190 g/mol. The fourth-order valence-electron chi connectivity index (χ4n) is 2.27. The second-order valence-electron chi connectivity index (χ2n) is 4.26. The van der Waals surface area contributed by atoms with Crippen LogP contribution in [0.3, 0.4) is 0 Å². The van der Waals surface area contributed by atoms with Crippen LogP contribution < -0.4 is 5.32 Å². The standard InChI is InChI=1S/C11H21N3O/c1-12-11(14-6-2-3-7-14)13-9-10-5-4-8-15-10/h10H,2-9H2,1H3,(H,12,13). The van der Waals surface area contributed by atoms with E-state index in [0.29, 0.717) is 6.10 Å². The molecule has 2 heterocycles. The lowest BCUT2D eigenvalue weighted by atomic mass is 10.2. The van der Waals surface area contributed by atoms with Gasteiger partial charge in [0.05, 0.1) is 6.10 Å². The van der Waals surface area contributed by atoms with E-state index >= 15 is 0 Å². The molecule has 2 fully saturated rings. The van der Waals surface area contributed by atoms with Gasteiger partial charge in [0, 0.05) is 33.3 Å². The quantitative estimate of drug-likeness (QED) is 0.543. The van der Waals surface area contributed by atoms with Crippen molar-refractivity contribution < 1.29 is 4.74 Å². The van der Waals surface area contributed by atoms with Crippen LogP contribution in [0.2, 0.25) is 0 Å². The monoisotopic (exact) mass is 211 g/mol. The number of hydrogen-bond acceptors (Lipinski definition) is 2. The molecule has 86 valence electrons. The highest BCUT2D eigenvalue weighted by molar-refractivity contribution is 5.80. The highest BCUT2D eigenvalue weighted by Crippen LogP contribution is 2.11. The van der Waals surface area contributed by atoms with E-state index in [0.717, 1.165) is 32.2 Å². The number of hydrogen-bond donors (Lipinski definition) is 1. The van der Waals surface area contributed by atoms with E-state index in [1.54, 1.807) is 0 Å². The minimum atomic E-state index is 0.393. The van der Waals surface area contributed by atoms with Crippen LogP contribution in [0, 0.1) is 0 Å². The summed E-state index contributed by atoms with van der Waals surface area (Å²) in [4.78, 5) is 6.64. The first-order valence-electron chi connectivity index (χ1n) is 5.97. The summed E-state index contributed by atoms with van der Waals surface area (Å²) in [5, 5.41) is 3.40. The normalized spacial score (nSPS) is 27.4. The van der Waals surface area contributed by atoms with E-state index in [1.807, 2.05) is 7.05 Å². The van der Waals surface area contributed by atoms with Crippen molar-refractivity contribution in [2.45, 2.75) is 31.8 Å². The van der Waals surface area contributed by atoms with Crippen molar-refractivity contribution in [3.8, 4) is 0 Å². The van der Waals surface area contributed by atoms with Gasteiger partial charge in [-0.3, -0.25) is 4.99 Å². The second kappa shape index (κ2) is 5.35. The predicted octanol–water partition coefficient (Wildman–Crippen LogP) is 0.837. The van der Waals surface area contributed by atoms with E-state index in [-0.39, 0.29) is 0 Å². The first kappa shape index (κ1) is 10.7. The maximum Gasteiger partial charge on any atom is 0.193 e. The Morgan fingerprint density at radius 1 is 1.40 bits per heavy atom. The van der Waals surface area contributed by atoms with Crippen LogP contribution in [0.25, 0.3) is 0 Å². The van der Waals surface area contributed by atoms with Crippen molar-refractivity contribution in [2.75, 3.05) is 33.3 Å². The summed E-state index contributed by atoms with van der Waals surface area (Å²) in [5.41, 5.74) is 0. The number of nitrogens with zero attached hydrogens (tertiary/aromatic N) is 2. The zero-order valence-corrected chi connectivity index (χ0v) is 9.54. The van der Waals surface area contributed by atoms with Crippen molar-refractivity contribution in [2.24, 2.45) is 4.99 Å². The number of guanidine groups is 1. The van der Waals surface area contributed by atoms with Crippen LogP contribution in [0.5, 0.6) is 0 Å². The van der Waals surface area contributed by atoms with E-state index in [1.165, 1.54) is 25.7 Å². The van der Waals surface area contributed by atoms with E-state index in [2.05, 4.69) is 15.2 Å². The van der Waals surface area contributed by atoms with Crippen LogP contribution in [0.1, 0.15) is 25.7 Å². The third kappa shape index (κ3) is 2.84. The van der Waals surface area contributed by atoms with Crippen molar-refractivity contribution in [1.29, 1.82) is 0 Å². The zero-order chi connectivity index (χ0) is 10.5. The molecule has 1 unspecified atom stereocenters. The van der Waals surface area contributed by atoms with Crippen LogP contribution >= 0.6 is 0 Å². The Hall–Kier alpha value is -0.770. The Morgan fingerprint density at radius 2 is 2.20 bits per heavy atom. The van der Waals surface area contributed by atoms with Gasteiger partial charge in [0.2, 0.25) is 0 Å². The van der Waals surface area contributed by atoms with E-state index < -0.39 is 0 Å². The Labute approximate surface area is 91.7 Å². The molecule has 4 nitrogen and oxygen atoms in total. The Morgan fingerprint density at radius 3 is 2.80 bits per heavy atom. The Bertz CT molecular complexity index is 218. The third-order valence-corrected chi connectivity index (χ3v) is 3.13. The molecule has 4 heteroatoms. The third-order valence-electron chi connectivity index (χ3n) is 3.13. The Kier molecular flexibility index (Phi) is 3.83. The van der Waals surface area contributed by atoms with Crippen LogP contribution in [-0.2, 0) is 4.74 Å². The van der Waals surface area contributed by atoms with Crippen molar-refractivity contribution in [3.63, 3.8) is 0 Å². The summed E-state index contributed by atoms with van der Waals surface area (Å²) in [6.45, 7) is 4.12. The number of likely N-dealkylation sites (tertiary alicyclic amines) is 1. The molecule has 0 spiro atoms. The van der Waals surface area contributed by atoms with Gasteiger partial charge in [-0.25, -0.2) is 0 Å². The smallest absolute Gasteiger partial charge is 0.193 e. The molecule has 0 aliphatic carbocycles. The van der Waals surface area contributed by atoms with Gasteiger partial charge in [-0.1, -0.05) is 0 Å². The highest BCUT2D eigenvalue weighted by Gasteiger charge is 2.19. The van der Waals surface area contributed by atoms with Crippen LogP contribution in [-0.4, -0.2) is 50.3 Å². The molecule has 0 saturated carbocycles. The molecule has 1 atom stereocenters. The maximum atomic E-state index is 5.57. The summed E-state index contributed by atoms with van der Waals surface area (Å²) in [5.74, 6) is 1.04. The first-order chi connectivity index (χ1) is 7.40. The van der Waals surface area contributed by atoms with Gasteiger partial charge in [0.15, 0.2) is 5.96 Å². The average Bonchev–Trinajstić information content (AvgIpc) is 2.90. The Balaban J connectivity index is 1.75. The molecule has 0 aromatic carbocycles. The lowest BCUT2D eigenvalue weighted by Crippen LogP contribution is -2.42. The molecule has 0 aromatic rings.